The minimum Gasteiger partial charge on any atom is -0.388 e. The van der Waals surface area contributed by atoms with E-state index in [9.17, 15) is 14.3 Å². The monoisotopic (exact) mass is 435 g/mol. The van der Waals surface area contributed by atoms with Crippen LogP contribution < -0.4 is 5.32 Å². The second-order valence-electron chi connectivity index (χ2n) is 9.27. The van der Waals surface area contributed by atoms with Crippen LogP contribution >= 0.6 is 11.6 Å². The van der Waals surface area contributed by atoms with Crippen molar-refractivity contribution in [2.45, 2.75) is 63.3 Å². The van der Waals surface area contributed by atoms with Crippen molar-refractivity contribution in [3.05, 3.63) is 35.0 Å². The number of carbonyl (C=O) groups excluding carboxylic acids is 1. The summed E-state index contributed by atoms with van der Waals surface area (Å²) in [4.78, 5) is 15.5. The van der Waals surface area contributed by atoms with E-state index in [1.165, 1.54) is 19.8 Å². The molecule has 0 radical (unpaired) electrons. The number of halogens is 2. The van der Waals surface area contributed by atoms with E-state index in [1.54, 1.807) is 6.07 Å². The number of hydrogen-bond acceptors (Lipinski definition) is 3. The molecule has 1 amide bonds. The summed E-state index contributed by atoms with van der Waals surface area (Å²) in [6.07, 6.45) is 5.93. The van der Waals surface area contributed by atoms with Crippen LogP contribution in [0, 0.1) is 0 Å². The number of benzene rings is 1. The van der Waals surface area contributed by atoms with Crippen LogP contribution in [0.3, 0.4) is 0 Å². The van der Waals surface area contributed by atoms with Crippen molar-refractivity contribution in [1.82, 2.24) is 14.8 Å². The van der Waals surface area contributed by atoms with Gasteiger partial charge in [0.25, 0.3) is 5.91 Å². The lowest BCUT2D eigenvalue weighted by Crippen LogP contribution is -2.49. The Morgan fingerprint density at radius 2 is 2.00 bits per heavy atom. The highest BCUT2D eigenvalue weighted by Gasteiger charge is 2.41. The molecule has 2 N–H and O–H groups in total. The molecule has 2 fully saturated rings. The topological polar surface area (TPSA) is 57.5 Å². The number of aliphatic hydroxyl groups is 1. The highest BCUT2D eigenvalue weighted by Crippen LogP contribution is 2.37. The Morgan fingerprint density at radius 3 is 2.73 bits per heavy atom. The average Bonchev–Trinajstić information content (AvgIpc) is 3.32. The maximum absolute atomic E-state index is 14.4. The van der Waals surface area contributed by atoms with Gasteiger partial charge in [0.05, 0.1) is 21.7 Å². The van der Waals surface area contributed by atoms with Gasteiger partial charge in [-0.2, -0.15) is 0 Å². The summed E-state index contributed by atoms with van der Waals surface area (Å²) in [5.74, 6) is -0.285. The first-order chi connectivity index (χ1) is 14.3. The van der Waals surface area contributed by atoms with Gasteiger partial charge in [0.2, 0.25) is 0 Å². The molecule has 1 aromatic heterocycles. The Balaban J connectivity index is 1.51. The van der Waals surface area contributed by atoms with Crippen LogP contribution in [0.5, 0.6) is 0 Å². The van der Waals surface area contributed by atoms with Crippen LogP contribution in [0.1, 0.15) is 55.8 Å². The van der Waals surface area contributed by atoms with Gasteiger partial charge >= 0.3 is 0 Å². The fourth-order valence-electron chi connectivity index (χ4n) is 5.06. The third-order valence-corrected chi connectivity index (χ3v) is 6.89. The lowest BCUT2D eigenvalue weighted by molar-refractivity contribution is -0.0533. The highest BCUT2D eigenvalue weighted by atomic mass is 35.5. The zero-order valence-electron chi connectivity index (χ0n) is 17.6. The standard InChI is InChI=1S/C23H31ClFN3O2/c1-22(25)8-5-9-23(30,15-22)16-26-21(29)17-14-28(13-12-27-10-2-3-11-27)19-7-4-6-18(24)20(17)19/h4,6-7,14,30H,2-3,5,8-13,15-16H2,1H3,(H,26,29). The van der Waals surface area contributed by atoms with Crippen LogP contribution in [-0.4, -0.2) is 57.9 Å². The number of carbonyl (C=O) groups is 1. The Morgan fingerprint density at radius 1 is 1.23 bits per heavy atom. The summed E-state index contributed by atoms with van der Waals surface area (Å²) in [5.41, 5.74) is -1.18. The summed E-state index contributed by atoms with van der Waals surface area (Å²) >= 11 is 6.46. The number of nitrogens with one attached hydrogen (secondary N) is 1. The maximum atomic E-state index is 14.4. The van der Waals surface area contributed by atoms with Crippen molar-refractivity contribution in [2.75, 3.05) is 26.2 Å². The number of nitrogens with zero attached hydrogens (tertiary/aromatic N) is 2. The molecular weight excluding hydrogens is 405 g/mol. The number of hydrogen-bond donors (Lipinski definition) is 2. The molecule has 164 valence electrons. The average molecular weight is 436 g/mol. The number of rotatable bonds is 6. The number of likely N-dealkylation sites (tertiary alicyclic amines) is 1. The van der Waals surface area contributed by atoms with Gasteiger partial charge in [-0.1, -0.05) is 17.7 Å². The van der Waals surface area contributed by atoms with Crippen molar-refractivity contribution < 1.29 is 14.3 Å². The highest BCUT2D eigenvalue weighted by molar-refractivity contribution is 6.36. The zero-order chi connectivity index (χ0) is 21.4. The van der Waals surface area contributed by atoms with Gasteiger partial charge in [0.1, 0.15) is 5.67 Å². The molecule has 2 aliphatic rings. The summed E-state index contributed by atoms with van der Waals surface area (Å²) in [7, 11) is 0. The van der Waals surface area contributed by atoms with Gasteiger partial charge in [-0.3, -0.25) is 4.79 Å². The molecule has 0 bridgehead atoms. The molecule has 2 aromatic rings. The fourth-order valence-corrected chi connectivity index (χ4v) is 5.33. The zero-order valence-corrected chi connectivity index (χ0v) is 18.3. The van der Waals surface area contributed by atoms with E-state index in [0.29, 0.717) is 29.8 Å². The second-order valence-corrected chi connectivity index (χ2v) is 9.68. The molecule has 5 nitrogen and oxygen atoms in total. The van der Waals surface area contributed by atoms with E-state index < -0.39 is 11.3 Å². The largest absolute Gasteiger partial charge is 0.388 e. The molecule has 2 atom stereocenters. The number of alkyl halides is 1. The molecule has 1 aliphatic heterocycles. The SMILES string of the molecule is CC1(F)CCCC(O)(CNC(=O)c2cn(CCN3CCCC3)c3cccc(Cl)c23)C1. The number of fused-ring (bicyclic) bond motifs is 1. The predicted octanol–water partition coefficient (Wildman–Crippen LogP) is 4.15. The quantitative estimate of drug-likeness (QED) is 0.716. The van der Waals surface area contributed by atoms with Crippen molar-refractivity contribution in [2.24, 2.45) is 0 Å². The van der Waals surface area contributed by atoms with E-state index in [-0.39, 0.29) is 18.9 Å². The van der Waals surface area contributed by atoms with Crippen LogP contribution in [-0.2, 0) is 6.54 Å². The van der Waals surface area contributed by atoms with Crippen LogP contribution in [0.2, 0.25) is 5.02 Å². The molecule has 7 heteroatoms. The smallest absolute Gasteiger partial charge is 0.253 e. The summed E-state index contributed by atoms with van der Waals surface area (Å²) in [6, 6.07) is 5.66. The van der Waals surface area contributed by atoms with Crippen molar-refractivity contribution in [3.63, 3.8) is 0 Å². The fraction of sp³-hybridized carbons (Fsp3) is 0.609. The molecular formula is C23H31ClFN3O2. The number of amides is 1. The van der Waals surface area contributed by atoms with Crippen molar-refractivity contribution in [3.8, 4) is 0 Å². The summed E-state index contributed by atoms with van der Waals surface area (Å²) < 4.78 is 16.5. The molecule has 1 aliphatic carbocycles. The van der Waals surface area contributed by atoms with Crippen molar-refractivity contribution in [1.29, 1.82) is 0 Å². The van der Waals surface area contributed by atoms with Crippen LogP contribution in [0.25, 0.3) is 10.9 Å². The molecule has 1 saturated heterocycles. The maximum Gasteiger partial charge on any atom is 0.253 e. The lowest BCUT2D eigenvalue weighted by Gasteiger charge is -2.38. The third kappa shape index (κ3) is 4.66. The lowest BCUT2D eigenvalue weighted by atomic mass is 9.77. The third-order valence-electron chi connectivity index (χ3n) is 6.57. The van der Waals surface area contributed by atoms with E-state index in [2.05, 4.69) is 14.8 Å². The Hall–Kier alpha value is -1.63. The minimum atomic E-state index is -1.40. The molecule has 30 heavy (non-hydrogen) atoms. The van der Waals surface area contributed by atoms with E-state index in [1.807, 2.05) is 18.3 Å². The molecule has 2 heterocycles. The van der Waals surface area contributed by atoms with Gasteiger partial charge < -0.3 is 19.9 Å². The normalized spacial score (nSPS) is 27.6. The van der Waals surface area contributed by atoms with Crippen LogP contribution in [0.15, 0.2) is 24.4 Å². The Kier molecular flexibility index (Phi) is 6.11. The van der Waals surface area contributed by atoms with Gasteiger partial charge in [0, 0.05) is 37.6 Å². The second kappa shape index (κ2) is 8.48. The molecule has 0 spiro atoms. The van der Waals surface area contributed by atoms with Gasteiger partial charge in [-0.15, -0.1) is 0 Å². The van der Waals surface area contributed by atoms with Crippen LogP contribution in [0.4, 0.5) is 4.39 Å². The predicted molar refractivity (Wildman–Crippen MR) is 118 cm³/mol. The van der Waals surface area contributed by atoms with E-state index in [4.69, 9.17) is 11.6 Å². The van der Waals surface area contributed by atoms with Gasteiger partial charge in [-0.05, 0) is 64.3 Å². The van der Waals surface area contributed by atoms with E-state index >= 15 is 0 Å². The minimum absolute atomic E-state index is 0.0379. The first-order valence-corrected chi connectivity index (χ1v) is 11.3. The van der Waals surface area contributed by atoms with Crippen molar-refractivity contribution >= 4 is 28.4 Å². The van der Waals surface area contributed by atoms with E-state index in [0.717, 1.165) is 37.1 Å². The molecule has 4 rings (SSSR count). The molecule has 1 saturated carbocycles. The Labute approximate surface area is 182 Å². The Bertz CT molecular complexity index is 923. The van der Waals surface area contributed by atoms with Gasteiger partial charge in [0.15, 0.2) is 0 Å². The van der Waals surface area contributed by atoms with Gasteiger partial charge in [-0.25, -0.2) is 4.39 Å². The first-order valence-electron chi connectivity index (χ1n) is 11.0. The summed E-state index contributed by atoms with van der Waals surface area (Å²) in [6.45, 7) is 5.53. The summed E-state index contributed by atoms with van der Waals surface area (Å²) in [5, 5.41) is 14.9. The molecule has 1 aromatic carbocycles. The molecule has 2 unspecified atom stereocenters. The number of aromatic nitrogens is 1. The first kappa shape index (κ1) is 21.6.